The van der Waals surface area contributed by atoms with Gasteiger partial charge in [-0.2, -0.15) is 26.3 Å². The fraction of sp³-hybridized carbons (Fsp3) is 0.700. The summed E-state index contributed by atoms with van der Waals surface area (Å²) in [6.45, 7) is 10.7. The third kappa shape index (κ3) is 7.28. The van der Waals surface area contributed by atoms with Crippen molar-refractivity contribution in [1.82, 2.24) is 9.80 Å². The van der Waals surface area contributed by atoms with Gasteiger partial charge in [0.2, 0.25) is 0 Å². The van der Waals surface area contributed by atoms with Gasteiger partial charge < -0.3 is 14.7 Å². The zero-order valence-electron chi connectivity index (χ0n) is 24.0. The lowest BCUT2D eigenvalue weighted by Crippen LogP contribution is -2.56. The largest absolute Gasteiger partial charge is 0.458 e. The number of ether oxygens (including phenoxy) is 1. The minimum Gasteiger partial charge on any atom is -0.458 e. The first-order chi connectivity index (χ1) is 19.0. The summed E-state index contributed by atoms with van der Waals surface area (Å²) in [5.74, 6) is 0.117. The lowest BCUT2D eigenvalue weighted by molar-refractivity contribution is -0.159. The van der Waals surface area contributed by atoms with Crippen LogP contribution >= 0.6 is 0 Å². The number of nitrogens with zero attached hydrogens (tertiary/aromatic N) is 2. The number of fused-ring (bicyclic) bond motifs is 1. The third-order valence-corrected chi connectivity index (χ3v) is 9.39. The van der Waals surface area contributed by atoms with E-state index in [1.807, 2.05) is 11.8 Å². The molecule has 5 nitrogen and oxygen atoms in total. The van der Waals surface area contributed by atoms with Crippen molar-refractivity contribution in [2.75, 3.05) is 32.7 Å². The van der Waals surface area contributed by atoms with Crippen LogP contribution in [0.15, 0.2) is 29.8 Å². The molecule has 41 heavy (non-hydrogen) atoms. The number of hydrogen-bond donors (Lipinski definition) is 1. The molecule has 0 amide bonds. The number of esters is 1. The van der Waals surface area contributed by atoms with Gasteiger partial charge in [-0.25, -0.2) is 0 Å². The number of rotatable bonds is 6. The van der Waals surface area contributed by atoms with Crippen LogP contribution in [0, 0.1) is 23.7 Å². The van der Waals surface area contributed by atoms with Gasteiger partial charge in [-0.3, -0.25) is 9.69 Å². The van der Waals surface area contributed by atoms with Gasteiger partial charge in [-0.1, -0.05) is 19.9 Å². The number of aliphatic hydroxyl groups is 1. The Balaban J connectivity index is 1.38. The van der Waals surface area contributed by atoms with E-state index >= 15 is 0 Å². The van der Waals surface area contributed by atoms with Gasteiger partial charge >= 0.3 is 18.3 Å². The van der Waals surface area contributed by atoms with Crippen molar-refractivity contribution in [2.24, 2.45) is 23.7 Å². The van der Waals surface area contributed by atoms with Crippen LogP contribution in [-0.4, -0.2) is 65.3 Å². The van der Waals surface area contributed by atoms with E-state index in [1.54, 1.807) is 0 Å². The van der Waals surface area contributed by atoms with Gasteiger partial charge in [-0.05, 0) is 66.9 Å². The minimum atomic E-state index is -4.86. The van der Waals surface area contributed by atoms with Gasteiger partial charge in [0.15, 0.2) is 0 Å². The van der Waals surface area contributed by atoms with E-state index in [1.165, 1.54) is 6.92 Å². The Morgan fingerprint density at radius 3 is 2.12 bits per heavy atom. The predicted octanol–water partition coefficient (Wildman–Crippen LogP) is 6.15. The van der Waals surface area contributed by atoms with Crippen molar-refractivity contribution in [3.8, 4) is 0 Å². The number of halogens is 6. The van der Waals surface area contributed by atoms with Crippen LogP contribution in [0.3, 0.4) is 0 Å². The monoisotopic (exact) mass is 590 g/mol. The Labute approximate surface area is 237 Å². The third-order valence-electron chi connectivity index (χ3n) is 9.39. The second-order valence-corrected chi connectivity index (χ2v) is 12.3. The molecule has 0 spiro atoms. The molecule has 0 aromatic heterocycles. The van der Waals surface area contributed by atoms with Crippen LogP contribution in [0.2, 0.25) is 0 Å². The molecular formula is C30H40F6N2O3. The summed E-state index contributed by atoms with van der Waals surface area (Å²) in [6.07, 6.45) is -5.84. The standard InChI is InChI=1S/C30H40F6N2O3/c1-18-11-26-25(6-5-20(3)28(26,40)15-27(18)41-21(4)39)19(2)16-37-7-9-38(10-8-37)17-22-12-23(29(31,32)33)14-24(13-22)30(34,35)36/h11-14,19-20,25-27,40H,5-10,15-17H2,1-4H3/t19?,20-,25+,26-,27-,28-/m1/s1. The zero-order chi connectivity index (χ0) is 30.3. The SMILES string of the molecule is CC(=O)O[C@@H]1C[C@@]2(O)[C@H](C)CC[C@@H](C(C)CN3CCN(Cc4cc(C(F)(F)F)cc(C(F)(F)F)c4)CC3)[C@H]2C=C1C. The smallest absolute Gasteiger partial charge is 0.416 e. The molecule has 2 aliphatic carbocycles. The molecule has 0 radical (unpaired) electrons. The van der Waals surface area contributed by atoms with Gasteiger partial charge in [0, 0.05) is 58.5 Å². The molecule has 11 heteroatoms. The molecule has 6 atom stereocenters. The van der Waals surface area contributed by atoms with Gasteiger partial charge in [-0.15, -0.1) is 0 Å². The molecule has 4 rings (SSSR count). The van der Waals surface area contributed by atoms with Crippen molar-refractivity contribution in [1.29, 1.82) is 0 Å². The first-order valence-electron chi connectivity index (χ1n) is 14.3. The van der Waals surface area contributed by atoms with E-state index in [4.69, 9.17) is 4.74 Å². The fourth-order valence-corrected chi connectivity index (χ4v) is 7.04. The van der Waals surface area contributed by atoms with Crippen molar-refractivity contribution in [3.63, 3.8) is 0 Å². The van der Waals surface area contributed by atoms with E-state index in [0.29, 0.717) is 32.6 Å². The number of carbonyl (C=O) groups excluding carboxylic acids is 1. The van der Waals surface area contributed by atoms with Crippen LogP contribution in [0.25, 0.3) is 0 Å². The summed E-state index contributed by atoms with van der Waals surface area (Å²) in [4.78, 5) is 15.8. The molecule has 3 aliphatic rings. The van der Waals surface area contributed by atoms with Crippen LogP contribution < -0.4 is 0 Å². The lowest BCUT2D eigenvalue weighted by Gasteiger charge is -2.53. The molecule has 1 saturated heterocycles. The number of benzene rings is 1. The predicted molar refractivity (Wildman–Crippen MR) is 142 cm³/mol. The second-order valence-electron chi connectivity index (χ2n) is 12.3. The Morgan fingerprint density at radius 2 is 1.59 bits per heavy atom. The fourth-order valence-electron chi connectivity index (χ4n) is 7.04. The second kappa shape index (κ2) is 11.9. The first kappa shape index (κ1) is 31.8. The van der Waals surface area contributed by atoms with E-state index in [0.717, 1.165) is 37.1 Å². The Kier molecular flexibility index (Phi) is 9.22. The molecule has 1 saturated carbocycles. The molecule has 1 N–H and O–H groups in total. The maximum atomic E-state index is 13.3. The molecule has 1 aliphatic heterocycles. The molecule has 1 aromatic carbocycles. The minimum absolute atomic E-state index is 0.00362. The Morgan fingerprint density at radius 1 is 1.02 bits per heavy atom. The highest BCUT2D eigenvalue weighted by Crippen LogP contribution is 2.51. The number of alkyl halides is 6. The average molecular weight is 591 g/mol. The number of hydrogen-bond acceptors (Lipinski definition) is 5. The highest BCUT2D eigenvalue weighted by atomic mass is 19.4. The normalized spacial score (nSPS) is 30.9. The maximum Gasteiger partial charge on any atom is 0.416 e. The molecule has 230 valence electrons. The Hall–Kier alpha value is -2.11. The van der Waals surface area contributed by atoms with Crippen LogP contribution in [0.5, 0.6) is 0 Å². The lowest BCUT2D eigenvalue weighted by atomic mass is 9.57. The molecule has 1 heterocycles. The maximum absolute atomic E-state index is 13.3. The zero-order valence-corrected chi connectivity index (χ0v) is 24.0. The van der Waals surface area contributed by atoms with Gasteiger partial charge in [0.1, 0.15) is 6.10 Å². The van der Waals surface area contributed by atoms with Crippen molar-refractivity contribution < 1.29 is 41.0 Å². The van der Waals surface area contributed by atoms with Gasteiger partial charge in [0.25, 0.3) is 0 Å². The first-order valence-corrected chi connectivity index (χ1v) is 14.3. The summed E-state index contributed by atoms with van der Waals surface area (Å²) in [5.41, 5.74) is -2.59. The van der Waals surface area contributed by atoms with Crippen LogP contribution in [0.1, 0.15) is 63.6 Å². The summed E-state index contributed by atoms with van der Waals surface area (Å²) in [5, 5.41) is 11.8. The van der Waals surface area contributed by atoms with Crippen molar-refractivity contribution in [2.45, 2.75) is 77.6 Å². The summed E-state index contributed by atoms with van der Waals surface area (Å²) >= 11 is 0. The average Bonchev–Trinajstić information content (AvgIpc) is 2.86. The molecule has 2 fully saturated rings. The summed E-state index contributed by atoms with van der Waals surface area (Å²) in [7, 11) is 0. The van der Waals surface area contributed by atoms with Crippen molar-refractivity contribution >= 4 is 5.97 Å². The molecule has 1 aromatic rings. The molecular weight excluding hydrogens is 550 g/mol. The topological polar surface area (TPSA) is 53.0 Å². The van der Waals surface area contributed by atoms with E-state index in [2.05, 4.69) is 24.8 Å². The van der Waals surface area contributed by atoms with Gasteiger partial charge in [0.05, 0.1) is 16.7 Å². The van der Waals surface area contributed by atoms with E-state index in [-0.39, 0.29) is 47.8 Å². The van der Waals surface area contributed by atoms with Crippen LogP contribution in [0.4, 0.5) is 26.3 Å². The highest BCUT2D eigenvalue weighted by molar-refractivity contribution is 5.66. The quantitative estimate of drug-likeness (QED) is 0.245. The molecule has 1 unspecified atom stereocenters. The van der Waals surface area contributed by atoms with E-state index in [9.17, 15) is 36.2 Å². The van der Waals surface area contributed by atoms with Crippen LogP contribution in [-0.2, 0) is 28.4 Å². The number of carbonyl (C=O) groups is 1. The van der Waals surface area contributed by atoms with E-state index < -0.39 is 35.2 Å². The number of piperazine rings is 1. The summed E-state index contributed by atoms with van der Waals surface area (Å²) < 4.78 is 85.0. The van der Waals surface area contributed by atoms with Crippen molar-refractivity contribution in [3.05, 3.63) is 46.5 Å². The highest BCUT2D eigenvalue weighted by Gasteiger charge is 2.52. The Bertz CT molecular complexity index is 1100. The molecule has 0 bridgehead atoms. The summed E-state index contributed by atoms with van der Waals surface area (Å²) in [6, 6.07) is 1.77.